The van der Waals surface area contributed by atoms with Gasteiger partial charge >= 0.3 is 0 Å². The highest BCUT2D eigenvalue weighted by Gasteiger charge is 2.31. The number of aryl methyl sites for hydroxylation is 1. The summed E-state index contributed by atoms with van der Waals surface area (Å²) in [4.78, 5) is 25.7. The number of amides is 1. The summed E-state index contributed by atoms with van der Waals surface area (Å²) in [6, 6.07) is 2.52. The molecule has 5 nitrogen and oxygen atoms in total. The summed E-state index contributed by atoms with van der Waals surface area (Å²) in [5.74, 6) is 2.30. The van der Waals surface area contributed by atoms with Gasteiger partial charge in [0, 0.05) is 30.9 Å². The molecule has 0 spiro atoms. The normalized spacial score (nSPS) is 20.3. The minimum absolute atomic E-state index is 0.250. The van der Waals surface area contributed by atoms with E-state index in [0.717, 1.165) is 30.4 Å². The molecule has 2 heterocycles. The predicted molar refractivity (Wildman–Crippen MR) is 87.0 cm³/mol. The molecule has 3 rings (SSSR count). The van der Waals surface area contributed by atoms with Crippen LogP contribution in [0, 0.1) is 6.92 Å². The van der Waals surface area contributed by atoms with Gasteiger partial charge in [0.05, 0.1) is 6.54 Å². The number of aromatic nitrogens is 2. The molecule has 1 aromatic rings. The van der Waals surface area contributed by atoms with Crippen molar-refractivity contribution in [3.8, 4) is 0 Å². The number of piperazine rings is 1. The molecule has 0 atom stereocenters. The molecule has 1 aliphatic heterocycles. The van der Waals surface area contributed by atoms with Gasteiger partial charge in [0.2, 0.25) is 5.91 Å². The van der Waals surface area contributed by atoms with Crippen LogP contribution in [0.3, 0.4) is 0 Å². The fourth-order valence-electron chi connectivity index (χ4n) is 3.52. The highest BCUT2D eigenvalue weighted by molar-refractivity contribution is 5.82. The van der Waals surface area contributed by atoms with E-state index in [0.29, 0.717) is 18.5 Å². The van der Waals surface area contributed by atoms with Crippen molar-refractivity contribution in [2.45, 2.75) is 58.4 Å². The summed E-state index contributed by atoms with van der Waals surface area (Å²) in [7, 11) is 0. The largest absolute Gasteiger partial charge is 0.345 e. The number of hydrogen-bond donors (Lipinski definition) is 0. The molecule has 0 aromatic carbocycles. The Kier molecular flexibility index (Phi) is 4.32. The average molecular weight is 302 g/mol. The van der Waals surface area contributed by atoms with Crippen molar-refractivity contribution >= 4 is 11.7 Å². The van der Waals surface area contributed by atoms with Crippen LogP contribution >= 0.6 is 0 Å². The molecule has 1 saturated carbocycles. The maximum absolute atomic E-state index is 12.5. The molecule has 2 aliphatic rings. The third-order valence-corrected chi connectivity index (χ3v) is 4.78. The van der Waals surface area contributed by atoms with Crippen LogP contribution < -0.4 is 4.90 Å². The SMILES string of the molecule is Cc1nc(C(C)C)cc(N2CCN(C3CCCC3)C(=O)C2)n1. The zero-order chi connectivity index (χ0) is 15.7. The average Bonchev–Trinajstić information content (AvgIpc) is 3.00. The Morgan fingerprint density at radius 2 is 1.91 bits per heavy atom. The Bertz CT molecular complexity index is 552. The zero-order valence-electron chi connectivity index (χ0n) is 13.9. The lowest BCUT2D eigenvalue weighted by atomic mass is 10.1. The fraction of sp³-hybridized carbons (Fsp3) is 0.706. The second kappa shape index (κ2) is 6.23. The van der Waals surface area contributed by atoms with Gasteiger partial charge in [-0.2, -0.15) is 0 Å². The molecule has 0 N–H and O–H groups in total. The monoisotopic (exact) mass is 302 g/mol. The topological polar surface area (TPSA) is 49.3 Å². The lowest BCUT2D eigenvalue weighted by molar-refractivity contribution is -0.133. The van der Waals surface area contributed by atoms with Crippen molar-refractivity contribution in [1.29, 1.82) is 0 Å². The fourth-order valence-corrected chi connectivity index (χ4v) is 3.52. The minimum Gasteiger partial charge on any atom is -0.345 e. The first-order chi connectivity index (χ1) is 10.5. The summed E-state index contributed by atoms with van der Waals surface area (Å²) in [5.41, 5.74) is 1.05. The van der Waals surface area contributed by atoms with Crippen LogP contribution in [0.15, 0.2) is 6.07 Å². The molecule has 5 heteroatoms. The Labute approximate surface area is 132 Å². The van der Waals surface area contributed by atoms with Gasteiger partial charge in [-0.25, -0.2) is 9.97 Å². The summed E-state index contributed by atoms with van der Waals surface area (Å²) in [6.45, 7) is 8.33. The Balaban J connectivity index is 1.73. The number of rotatable bonds is 3. The molecule has 2 fully saturated rings. The smallest absolute Gasteiger partial charge is 0.242 e. The molecule has 22 heavy (non-hydrogen) atoms. The van der Waals surface area contributed by atoms with Crippen LogP contribution in [-0.2, 0) is 4.79 Å². The van der Waals surface area contributed by atoms with Gasteiger partial charge in [-0.15, -0.1) is 0 Å². The molecule has 0 unspecified atom stereocenters. The number of anilines is 1. The van der Waals surface area contributed by atoms with Gasteiger partial charge in [0.15, 0.2) is 0 Å². The standard InChI is InChI=1S/C17H26N4O/c1-12(2)15-10-16(19-13(3)18-15)20-8-9-21(17(22)11-20)14-6-4-5-7-14/h10,12,14H,4-9,11H2,1-3H3. The van der Waals surface area contributed by atoms with Gasteiger partial charge in [-0.1, -0.05) is 26.7 Å². The van der Waals surface area contributed by atoms with Crippen LogP contribution in [0.4, 0.5) is 5.82 Å². The van der Waals surface area contributed by atoms with Crippen molar-refractivity contribution in [2.75, 3.05) is 24.5 Å². The first-order valence-corrected chi connectivity index (χ1v) is 8.44. The highest BCUT2D eigenvalue weighted by atomic mass is 16.2. The molecular weight excluding hydrogens is 276 g/mol. The van der Waals surface area contributed by atoms with Crippen LogP contribution in [0.1, 0.15) is 57.0 Å². The molecule has 1 aromatic heterocycles. The zero-order valence-corrected chi connectivity index (χ0v) is 13.9. The Morgan fingerprint density at radius 1 is 1.18 bits per heavy atom. The molecule has 1 aliphatic carbocycles. The first kappa shape index (κ1) is 15.3. The third kappa shape index (κ3) is 3.08. The van der Waals surface area contributed by atoms with Gasteiger partial charge < -0.3 is 9.80 Å². The number of hydrogen-bond acceptors (Lipinski definition) is 4. The Morgan fingerprint density at radius 3 is 2.55 bits per heavy atom. The van der Waals surface area contributed by atoms with Crippen molar-refractivity contribution < 1.29 is 4.79 Å². The molecule has 120 valence electrons. The minimum atomic E-state index is 0.250. The molecule has 0 radical (unpaired) electrons. The lowest BCUT2D eigenvalue weighted by Crippen LogP contribution is -2.53. The molecule has 0 bridgehead atoms. The van der Waals surface area contributed by atoms with E-state index in [9.17, 15) is 4.79 Å². The number of carbonyl (C=O) groups is 1. The molecular formula is C17H26N4O. The first-order valence-electron chi connectivity index (χ1n) is 8.44. The van der Waals surface area contributed by atoms with Gasteiger partial charge in [0.25, 0.3) is 0 Å². The van der Waals surface area contributed by atoms with Crippen molar-refractivity contribution in [3.63, 3.8) is 0 Å². The summed E-state index contributed by atoms with van der Waals surface area (Å²) >= 11 is 0. The summed E-state index contributed by atoms with van der Waals surface area (Å²) in [6.07, 6.45) is 4.88. The number of nitrogens with zero attached hydrogens (tertiary/aromatic N) is 4. The van der Waals surface area contributed by atoms with E-state index >= 15 is 0 Å². The maximum Gasteiger partial charge on any atom is 0.242 e. The van der Waals surface area contributed by atoms with E-state index < -0.39 is 0 Å². The second-order valence-corrected chi connectivity index (χ2v) is 6.80. The van der Waals surface area contributed by atoms with Crippen molar-refractivity contribution in [1.82, 2.24) is 14.9 Å². The maximum atomic E-state index is 12.5. The van der Waals surface area contributed by atoms with E-state index in [1.807, 2.05) is 13.0 Å². The van der Waals surface area contributed by atoms with E-state index in [4.69, 9.17) is 0 Å². The third-order valence-electron chi connectivity index (χ3n) is 4.78. The van der Waals surface area contributed by atoms with Gasteiger partial charge in [-0.05, 0) is 25.7 Å². The van der Waals surface area contributed by atoms with E-state index in [1.54, 1.807) is 0 Å². The number of carbonyl (C=O) groups excluding carboxylic acids is 1. The molecule has 1 amide bonds. The molecule has 1 saturated heterocycles. The quantitative estimate of drug-likeness (QED) is 0.861. The van der Waals surface area contributed by atoms with Gasteiger partial charge in [0.1, 0.15) is 11.6 Å². The van der Waals surface area contributed by atoms with Crippen LogP contribution in [0.2, 0.25) is 0 Å². The van der Waals surface area contributed by atoms with E-state index in [2.05, 4.69) is 33.6 Å². The summed E-state index contributed by atoms with van der Waals surface area (Å²) in [5, 5.41) is 0. The van der Waals surface area contributed by atoms with Crippen LogP contribution in [-0.4, -0.2) is 46.5 Å². The Hall–Kier alpha value is -1.65. The summed E-state index contributed by atoms with van der Waals surface area (Å²) < 4.78 is 0. The van der Waals surface area contributed by atoms with Crippen molar-refractivity contribution in [2.24, 2.45) is 0 Å². The predicted octanol–water partition coefficient (Wildman–Crippen LogP) is 2.50. The van der Waals surface area contributed by atoms with Crippen LogP contribution in [0.5, 0.6) is 0 Å². The highest BCUT2D eigenvalue weighted by Crippen LogP contribution is 2.26. The second-order valence-electron chi connectivity index (χ2n) is 6.80. The van der Waals surface area contributed by atoms with E-state index in [-0.39, 0.29) is 5.91 Å². The van der Waals surface area contributed by atoms with Crippen molar-refractivity contribution in [3.05, 3.63) is 17.6 Å². The van der Waals surface area contributed by atoms with Crippen LogP contribution in [0.25, 0.3) is 0 Å². The lowest BCUT2D eigenvalue weighted by Gasteiger charge is -2.38. The van der Waals surface area contributed by atoms with Gasteiger partial charge in [-0.3, -0.25) is 4.79 Å². The van der Waals surface area contributed by atoms with E-state index in [1.165, 1.54) is 25.7 Å².